The molecule has 5 heteroatoms. The topological polar surface area (TPSA) is 57.6 Å². The summed E-state index contributed by atoms with van der Waals surface area (Å²) in [5.74, 6) is -1.98. The van der Waals surface area contributed by atoms with Gasteiger partial charge in [0.05, 0.1) is 0 Å². The van der Waals surface area contributed by atoms with Gasteiger partial charge >= 0.3 is 5.97 Å². The molecule has 1 aromatic carbocycles. The van der Waals surface area contributed by atoms with E-state index >= 15 is 0 Å². The van der Waals surface area contributed by atoms with Crippen LogP contribution in [0.5, 0.6) is 0 Å². The monoisotopic (exact) mass is 293 g/mol. The maximum absolute atomic E-state index is 13.9. The highest BCUT2D eigenvalue weighted by atomic mass is 19.1. The van der Waals surface area contributed by atoms with Crippen LogP contribution in [-0.2, 0) is 4.79 Å². The van der Waals surface area contributed by atoms with E-state index in [0.29, 0.717) is 6.54 Å². The van der Waals surface area contributed by atoms with Gasteiger partial charge < -0.3 is 10.0 Å². The number of amides is 1. The van der Waals surface area contributed by atoms with Crippen molar-refractivity contribution < 1.29 is 19.1 Å². The summed E-state index contributed by atoms with van der Waals surface area (Å²) in [6.07, 6.45) is 2.85. The lowest BCUT2D eigenvalue weighted by molar-refractivity contribution is -0.131. The molecule has 0 aliphatic heterocycles. The van der Waals surface area contributed by atoms with Crippen molar-refractivity contribution in [2.45, 2.75) is 33.2 Å². The highest BCUT2D eigenvalue weighted by Crippen LogP contribution is 2.15. The van der Waals surface area contributed by atoms with Crippen LogP contribution in [0.25, 0.3) is 6.08 Å². The fraction of sp³-hybridized carbons (Fsp3) is 0.375. The lowest BCUT2D eigenvalue weighted by Crippen LogP contribution is -2.37. The Labute approximate surface area is 123 Å². The first-order chi connectivity index (χ1) is 9.86. The second kappa shape index (κ2) is 7.57. The molecule has 0 saturated carbocycles. The number of hydrogen-bond donors (Lipinski definition) is 1. The minimum absolute atomic E-state index is 0.0343. The molecular formula is C16H20FNO3. The van der Waals surface area contributed by atoms with E-state index in [0.717, 1.165) is 24.6 Å². The maximum Gasteiger partial charge on any atom is 0.328 e. The molecule has 0 bridgehead atoms. The van der Waals surface area contributed by atoms with Gasteiger partial charge in [-0.25, -0.2) is 9.18 Å². The van der Waals surface area contributed by atoms with E-state index < -0.39 is 11.8 Å². The van der Waals surface area contributed by atoms with Crippen molar-refractivity contribution >= 4 is 18.0 Å². The summed E-state index contributed by atoms with van der Waals surface area (Å²) in [7, 11) is 0. The van der Waals surface area contributed by atoms with Crippen LogP contribution in [0.15, 0.2) is 24.3 Å². The van der Waals surface area contributed by atoms with Crippen molar-refractivity contribution in [1.29, 1.82) is 0 Å². The van der Waals surface area contributed by atoms with Gasteiger partial charge in [0.15, 0.2) is 0 Å². The number of aliphatic carboxylic acids is 1. The van der Waals surface area contributed by atoms with Gasteiger partial charge in [0.25, 0.3) is 5.91 Å². The highest BCUT2D eigenvalue weighted by molar-refractivity contribution is 5.94. The Hall–Kier alpha value is -2.17. The predicted octanol–water partition coefficient (Wildman–Crippen LogP) is 3.18. The molecule has 0 radical (unpaired) electrons. The van der Waals surface area contributed by atoms with Crippen LogP contribution >= 0.6 is 0 Å². The third-order valence-electron chi connectivity index (χ3n) is 3.00. The average molecular weight is 293 g/mol. The van der Waals surface area contributed by atoms with E-state index in [1.165, 1.54) is 12.1 Å². The Kier molecular flexibility index (Phi) is 6.09. The summed E-state index contributed by atoms with van der Waals surface area (Å²) in [6, 6.07) is 4.10. The standard InChI is InChI=1S/C16H20FNO3/c1-4-9-18(11(2)3)16(21)13-6-5-12(14(17)10-13)7-8-15(19)20/h5-8,10-11H,4,9H2,1-3H3,(H,19,20). The van der Waals surface area contributed by atoms with Gasteiger partial charge in [-0.15, -0.1) is 0 Å². The van der Waals surface area contributed by atoms with E-state index in [-0.39, 0.29) is 23.1 Å². The minimum Gasteiger partial charge on any atom is -0.478 e. The Morgan fingerprint density at radius 3 is 2.52 bits per heavy atom. The largest absolute Gasteiger partial charge is 0.478 e. The summed E-state index contributed by atoms with van der Waals surface area (Å²) >= 11 is 0. The first-order valence-corrected chi connectivity index (χ1v) is 6.88. The van der Waals surface area contributed by atoms with E-state index in [2.05, 4.69) is 0 Å². The maximum atomic E-state index is 13.9. The SMILES string of the molecule is CCCN(C(=O)c1ccc(C=CC(=O)O)c(F)c1)C(C)C. The fourth-order valence-corrected chi connectivity index (χ4v) is 1.96. The first-order valence-electron chi connectivity index (χ1n) is 6.88. The Morgan fingerprint density at radius 1 is 1.38 bits per heavy atom. The summed E-state index contributed by atoms with van der Waals surface area (Å²) < 4.78 is 13.9. The van der Waals surface area contributed by atoms with E-state index in [1.807, 2.05) is 20.8 Å². The first kappa shape index (κ1) is 16.9. The number of carbonyl (C=O) groups excluding carboxylic acids is 1. The van der Waals surface area contributed by atoms with Crippen molar-refractivity contribution in [2.75, 3.05) is 6.54 Å². The Bertz CT molecular complexity index is 552. The van der Waals surface area contributed by atoms with Crippen molar-refractivity contribution in [1.82, 2.24) is 4.90 Å². The van der Waals surface area contributed by atoms with E-state index in [1.54, 1.807) is 4.90 Å². The van der Waals surface area contributed by atoms with Crippen molar-refractivity contribution in [2.24, 2.45) is 0 Å². The van der Waals surface area contributed by atoms with Gasteiger partial charge in [0.1, 0.15) is 5.82 Å². The van der Waals surface area contributed by atoms with Crippen LogP contribution in [-0.4, -0.2) is 34.5 Å². The third-order valence-corrected chi connectivity index (χ3v) is 3.00. The number of carboxylic acid groups (broad SMARTS) is 1. The number of hydrogen-bond acceptors (Lipinski definition) is 2. The summed E-state index contributed by atoms with van der Waals surface area (Å²) in [5, 5.41) is 8.53. The van der Waals surface area contributed by atoms with Crippen LogP contribution < -0.4 is 0 Å². The van der Waals surface area contributed by atoms with Crippen molar-refractivity contribution in [3.8, 4) is 0 Å². The summed E-state index contributed by atoms with van der Waals surface area (Å²) in [6.45, 7) is 6.41. The lowest BCUT2D eigenvalue weighted by atomic mass is 10.1. The third kappa shape index (κ3) is 4.70. The zero-order valence-corrected chi connectivity index (χ0v) is 12.5. The van der Waals surface area contributed by atoms with Crippen LogP contribution in [0.3, 0.4) is 0 Å². The smallest absolute Gasteiger partial charge is 0.328 e. The molecule has 0 heterocycles. The van der Waals surface area contributed by atoms with Crippen molar-refractivity contribution in [3.05, 3.63) is 41.2 Å². The van der Waals surface area contributed by atoms with Gasteiger partial charge in [-0.2, -0.15) is 0 Å². The molecule has 0 spiro atoms. The van der Waals surface area contributed by atoms with Gasteiger partial charge in [-0.05, 0) is 38.5 Å². The van der Waals surface area contributed by atoms with Gasteiger partial charge in [-0.1, -0.05) is 13.0 Å². The molecule has 0 aromatic heterocycles. The molecule has 0 atom stereocenters. The second-order valence-electron chi connectivity index (χ2n) is 5.00. The molecule has 0 aliphatic rings. The van der Waals surface area contributed by atoms with Crippen LogP contribution in [0.4, 0.5) is 4.39 Å². The zero-order valence-electron chi connectivity index (χ0n) is 12.5. The molecule has 1 rings (SSSR count). The van der Waals surface area contributed by atoms with Crippen LogP contribution in [0, 0.1) is 5.82 Å². The van der Waals surface area contributed by atoms with Crippen LogP contribution in [0.1, 0.15) is 43.1 Å². The lowest BCUT2D eigenvalue weighted by Gasteiger charge is -2.26. The highest BCUT2D eigenvalue weighted by Gasteiger charge is 2.18. The minimum atomic E-state index is -1.15. The quantitative estimate of drug-likeness (QED) is 0.819. The molecule has 1 amide bonds. The molecule has 0 fully saturated rings. The van der Waals surface area contributed by atoms with Gasteiger partial charge in [0.2, 0.25) is 0 Å². The molecule has 21 heavy (non-hydrogen) atoms. The molecule has 0 saturated heterocycles. The van der Waals surface area contributed by atoms with Crippen molar-refractivity contribution in [3.63, 3.8) is 0 Å². The number of rotatable bonds is 6. The average Bonchev–Trinajstić information content (AvgIpc) is 2.42. The van der Waals surface area contributed by atoms with Crippen LogP contribution in [0.2, 0.25) is 0 Å². The van der Waals surface area contributed by atoms with E-state index in [4.69, 9.17) is 5.11 Å². The zero-order chi connectivity index (χ0) is 16.0. The predicted molar refractivity (Wildman–Crippen MR) is 79.5 cm³/mol. The number of nitrogens with zero attached hydrogens (tertiary/aromatic N) is 1. The Morgan fingerprint density at radius 2 is 2.05 bits per heavy atom. The fourth-order valence-electron chi connectivity index (χ4n) is 1.96. The second-order valence-corrected chi connectivity index (χ2v) is 5.00. The molecule has 114 valence electrons. The molecule has 4 nitrogen and oxygen atoms in total. The van der Waals surface area contributed by atoms with Gasteiger partial charge in [0, 0.05) is 29.8 Å². The number of halogens is 1. The van der Waals surface area contributed by atoms with E-state index in [9.17, 15) is 14.0 Å². The molecule has 0 unspecified atom stereocenters. The summed E-state index contributed by atoms with van der Waals surface area (Å²) in [5.41, 5.74) is 0.405. The molecule has 1 N–H and O–H groups in total. The Balaban J connectivity index is 3.02. The molecule has 0 aliphatic carbocycles. The normalized spacial score (nSPS) is 11.1. The number of benzene rings is 1. The van der Waals surface area contributed by atoms with Gasteiger partial charge in [-0.3, -0.25) is 4.79 Å². The summed E-state index contributed by atoms with van der Waals surface area (Å²) in [4.78, 5) is 24.5. The number of carboxylic acids is 1. The molecule has 1 aromatic rings. The molecular weight excluding hydrogens is 273 g/mol. The number of carbonyl (C=O) groups is 2.